The molecule has 0 aromatic heterocycles. The van der Waals surface area contributed by atoms with Gasteiger partial charge in [-0.05, 0) is 44.2 Å². The zero-order chi connectivity index (χ0) is 13.2. The summed E-state index contributed by atoms with van der Waals surface area (Å²) in [7, 11) is 1.70. The lowest BCUT2D eigenvalue weighted by atomic mass is 9.91. The Morgan fingerprint density at radius 2 is 2.11 bits per heavy atom. The van der Waals surface area contributed by atoms with Gasteiger partial charge in [0.2, 0.25) is 0 Å². The molecule has 2 nitrogen and oxygen atoms in total. The average Bonchev–Trinajstić information content (AvgIpc) is 2.80. The molecule has 1 aromatic carbocycles. The van der Waals surface area contributed by atoms with Crippen molar-refractivity contribution < 1.29 is 9.53 Å². The molecule has 0 saturated carbocycles. The maximum absolute atomic E-state index is 12.3. The van der Waals surface area contributed by atoms with E-state index in [1.165, 1.54) is 11.1 Å². The van der Waals surface area contributed by atoms with E-state index >= 15 is 0 Å². The van der Waals surface area contributed by atoms with Crippen molar-refractivity contribution in [2.45, 2.75) is 51.0 Å². The molecule has 1 aliphatic rings. The molecule has 0 bridgehead atoms. The van der Waals surface area contributed by atoms with Crippen molar-refractivity contribution in [1.29, 1.82) is 0 Å². The fraction of sp³-hybridized carbons (Fsp3) is 0.562. The minimum absolute atomic E-state index is 0.119. The van der Waals surface area contributed by atoms with Crippen molar-refractivity contribution in [3.8, 4) is 0 Å². The zero-order valence-corrected chi connectivity index (χ0v) is 11.5. The Morgan fingerprint density at radius 1 is 1.39 bits per heavy atom. The van der Waals surface area contributed by atoms with Gasteiger partial charge in [-0.1, -0.05) is 24.3 Å². The average molecular weight is 246 g/mol. The van der Waals surface area contributed by atoms with Crippen molar-refractivity contribution in [2.24, 2.45) is 0 Å². The van der Waals surface area contributed by atoms with Gasteiger partial charge in [-0.15, -0.1) is 0 Å². The molecule has 18 heavy (non-hydrogen) atoms. The number of hydrogen-bond donors (Lipinski definition) is 0. The zero-order valence-electron chi connectivity index (χ0n) is 11.5. The molecule has 1 unspecified atom stereocenters. The topological polar surface area (TPSA) is 26.3 Å². The highest BCUT2D eigenvalue weighted by molar-refractivity contribution is 5.87. The van der Waals surface area contributed by atoms with E-state index in [1.807, 2.05) is 19.9 Å². The third-order valence-electron chi connectivity index (χ3n) is 4.05. The van der Waals surface area contributed by atoms with E-state index in [2.05, 4.69) is 18.2 Å². The van der Waals surface area contributed by atoms with Gasteiger partial charge >= 0.3 is 0 Å². The first kappa shape index (κ1) is 13.3. The Kier molecular flexibility index (Phi) is 3.86. The Morgan fingerprint density at radius 3 is 2.83 bits per heavy atom. The Hall–Kier alpha value is -1.15. The van der Waals surface area contributed by atoms with Crippen LogP contribution in [-0.4, -0.2) is 18.5 Å². The largest absolute Gasteiger partial charge is 0.379 e. The number of methoxy groups -OCH3 is 1. The summed E-state index contributed by atoms with van der Waals surface area (Å²) in [5.74, 6) is 0.485. The number of carbonyl (C=O) groups excluding carboxylic acids is 1. The van der Waals surface area contributed by atoms with Crippen molar-refractivity contribution in [2.75, 3.05) is 7.11 Å². The first-order valence-electron chi connectivity index (χ1n) is 6.69. The van der Waals surface area contributed by atoms with Crippen molar-refractivity contribution in [3.63, 3.8) is 0 Å². The van der Waals surface area contributed by atoms with Gasteiger partial charge in [0.15, 0.2) is 0 Å². The number of carbonyl (C=O) groups is 1. The molecule has 0 aliphatic heterocycles. The molecule has 0 saturated heterocycles. The Balaban J connectivity index is 2.00. The number of ether oxygens (including phenoxy) is 1. The lowest BCUT2D eigenvalue weighted by molar-refractivity contribution is -0.121. The molecular weight excluding hydrogens is 224 g/mol. The molecule has 0 fully saturated rings. The van der Waals surface area contributed by atoms with Crippen molar-refractivity contribution in [1.82, 2.24) is 0 Å². The van der Waals surface area contributed by atoms with Crippen LogP contribution in [0, 0.1) is 0 Å². The number of Topliss-reactive ketones (excluding diaryl/α,β-unsaturated/α-hetero) is 1. The number of benzene rings is 1. The second-order valence-electron chi connectivity index (χ2n) is 5.72. The van der Waals surface area contributed by atoms with Gasteiger partial charge in [-0.25, -0.2) is 0 Å². The van der Waals surface area contributed by atoms with E-state index in [0.717, 1.165) is 19.3 Å². The van der Waals surface area contributed by atoms with Gasteiger partial charge in [-0.3, -0.25) is 4.79 Å². The van der Waals surface area contributed by atoms with E-state index in [9.17, 15) is 4.79 Å². The van der Waals surface area contributed by atoms with Crippen LogP contribution in [0.4, 0.5) is 0 Å². The summed E-state index contributed by atoms with van der Waals surface area (Å²) in [5.41, 5.74) is 2.40. The van der Waals surface area contributed by atoms with Crippen LogP contribution in [0.5, 0.6) is 0 Å². The molecule has 1 aromatic rings. The smallest absolute Gasteiger partial charge is 0.140 e. The third-order valence-corrected chi connectivity index (χ3v) is 4.05. The van der Waals surface area contributed by atoms with Crippen LogP contribution in [0.25, 0.3) is 0 Å². The van der Waals surface area contributed by atoms with E-state index < -0.39 is 0 Å². The lowest BCUT2D eigenvalue weighted by Crippen LogP contribution is -2.24. The molecule has 2 rings (SSSR count). The summed E-state index contributed by atoms with van der Waals surface area (Å²) < 4.78 is 5.37. The quantitative estimate of drug-likeness (QED) is 0.795. The van der Waals surface area contributed by atoms with E-state index in [4.69, 9.17) is 4.74 Å². The minimum Gasteiger partial charge on any atom is -0.379 e. The first-order chi connectivity index (χ1) is 8.53. The van der Waals surface area contributed by atoms with E-state index in [0.29, 0.717) is 12.2 Å². The Labute approximate surface area is 109 Å². The predicted molar refractivity (Wildman–Crippen MR) is 72.8 cm³/mol. The summed E-state index contributed by atoms with van der Waals surface area (Å²) in [6, 6.07) is 8.33. The highest BCUT2D eigenvalue weighted by Gasteiger charge is 2.29. The molecule has 2 heteroatoms. The standard InChI is InChI=1S/C16H22O2/c1-16(2,18-3)11-10-15(17)14-9-8-12-6-4-5-7-13(12)14/h4-7,14H,8-11H2,1-3H3. The maximum Gasteiger partial charge on any atom is 0.140 e. The highest BCUT2D eigenvalue weighted by Crippen LogP contribution is 2.35. The molecule has 0 heterocycles. The monoisotopic (exact) mass is 246 g/mol. The predicted octanol–water partition coefficient (Wildman–Crippen LogP) is 3.49. The van der Waals surface area contributed by atoms with Gasteiger partial charge < -0.3 is 4.74 Å². The van der Waals surface area contributed by atoms with E-state index in [-0.39, 0.29) is 11.5 Å². The summed E-state index contributed by atoms with van der Waals surface area (Å²) in [6.45, 7) is 4.06. The third kappa shape index (κ3) is 2.81. The fourth-order valence-corrected chi connectivity index (χ4v) is 2.59. The van der Waals surface area contributed by atoms with Crippen LogP contribution >= 0.6 is 0 Å². The second-order valence-corrected chi connectivity index (χ2v) is 5.72. The Bertz CT molecular complexity index is 434. The number of ketones is 1. The molecule has 98 valence electrons. The van der Waals surface area contributed by atoms with E-state index in [1.54, 1.807) is 7.11 Å². The van der Waals surface area contributed by atoms with Crippen LogP contribution < -0.4 is 0 Å². The second kappa shape index (κ2) is 5.23. The summed E-state index contributed by atoms with van der Waals surface area (Å²) >= 11 is 0. The van der Waals surface area contributed by atoms with Gasteiger partial charge in [0.25, 0.3) is 0 Å². The molecule has 1 atom stereocenters. The van der Waals surface area contributed by atoms with Crippen LogP contribution in [0.2, 0.25) is 0 Å². The lowest BCUT2D eigenvalue weighted by Gasteiger charge is -2.23. The molecule has 0 spiro atoms. The van der Waals surface area contributed by atoms with Gasteiger partial charge in [0.1, 0.15) is 5.78 Å². The van der Waals surface area contributed by atoms with Crippen molar-refractivity contribution in [3.05, 3.63) is 35.4 Å². The molecule has 0 radical (unpaired) electrons. The number of aryl methyl sites for hydroxylation is 1. The normalized spacial score (nSPS) is 18.7. The molecule has 1 aliphatic carbocycles. The van der Waals surface area contributed by atoms with Crippen LogP contribution in [-0.2, 0) is 16.0 Å². The molecule has 0 N–H and O–H groups in total. The van der Waals surface area contributed by atoms with Gasteiger partial charge in [0, 0.05) is 19.4 Å². The number of hydrogen-bond acceptors (Lipinski definition) is 2. The molecular formula is C16H22O2. The minimum atomic E-state index is -0.201. The summed E-state index contributed by atoms with van der Waals surface area (Å²) in [6.07, 6.45) is 3.42. The first-order valence-corrected chi connectivity index (χ1v) is 6.69. The van der Waals surface area contributed by atoms with Crippen LogP contribution in [0.1, 0.15) is 50.2 Å². The van der Waals surface area contributed by atoms with Gasteiger partial charge in [0.05, 0.1) is 5.60 Å². The van der Waals surface area contributed by atoms with Crippen LogP contribution in [0.3, 0.4) is 0 Å². The highest BCUT2D eigenvalue weighted by atomic mass is 16.5. The molecule has 0 amide bonds. The maximum atomic E-state index is 12.3. The summed E-state index contributed by atoms with van der Waals surface area (Å²) in [5, 5.41) is 0. The fourth-order valence-electron chi connectivity index (χ4n) is 2.59. The van der Waals surface area contributed by atoms with Crippen molar-refractivity contribution >= 4 is 5.78 Å². The summed E-state index contributed by atoms with van der Waals surface area (Å²) in [4.78, 5) is 12.3. The number of rotatable bonds is 5. The SMILES string of the molecule is COC(C)(C)CCC(=O)C1CCc2ccccc21. The van der Waals surface area contributed by atoms with Crippen LogP contribution in [0.15, 0.2) is 24.3 Å². The van der Waals surface area contributed by atoms with Gasteiger partial charge in [-0.2, -0.15) is 0 Å². The number of fused-ring (bicyclic) bond motifs is 1.